The lowest BCUT2D eigenvalue weighted by atomic mass is 9.98. The molecule has 0 aliphatic heterocycles. The lowest BCUT2D eigenvalue weighted by Crippen LogP contribution is -2.53. The maximum absolute atomic E-state index is 12.7. The SMILES string of the molecule is COc1ccc(OC)c(S(=O)(=O)NC(C)(CN)C2CC2)c1. The van der Waals surface area contributed by atoms with Crippen LogP contribution in [0, 0.1) is 5.92 Å². The normalized spacial score (nSPS) is 18.1. The summed E-state index contributed by atoms with van der Waals surface area (Å²) >= 11 is 0. The van der Waals surface area contributed by atoms with Crippen molar-refractivity contribution in [3.8, 4) is 11.5 Å². The molecule has 1 aromatic rings. The molecular weight excluding hydrogens is 292 g/mol. The fraction of sp³-hybridized carbons (Fsp3) is 0.571. The van der Waals surface area contributed by atoms with E-state index in [2.05, 4.69) is 4.72 Å². The van der Waals surface area contributed by atoms with Gasteiger partial charge in [-0.25, -0.2) is 13.1 Å². The van der Waals surface area contributed by atoms with Gasteiger partial charge in [0.15, 0.2) is 0 Å². The molecule has 0 spiro atoms. The molecule has 2 rings (SSSR count). The van der Waals surface area contributed by atoms with Crippen LogP contribution < -0.4 is 19.9 Å². The van der Waals surface area contributed by atoms with Gasteiger partial charge in [-0.3, -0.25) is 0 Å². The van der Waals surface area contributed by atoms with E-state index in [9.17, 15) is 8.42 Å². The molecule has 0 bridgehead atoms. The van der Waals surface area contributed by atoms with Gasteiger partial charge in [0.2, 0.25) is 10.0 Å². The molecule has 1 saturated carbocycles. The van der Waals surface area contributed by atoms with Crippen molar-refractivity contribution in [2.75, 3.05) is 20.8 Å². The zero-order valence-corrected chi connectivity index (χ0v) is 13.4. The second kappa shape index (κ2) is 5.82. The molecule has 0 aromatic heterocycles. The molecule has 0 amide bonds. The van der Waals surface area contributed by atoms with E-state index >= 15 is 0 Å². The van der Waals surface area contributed by atoms with Gasteiger partial charge in [0, 0.05) is 18.2 Å². The molecule has 1 aliphatic carbocycles. The van der Waals surface area contributed by atoms with Crippen molar-refractivity contribution in [3.05, 3.63) is 18.2 Å². The van der Waals surface area contributed by atoms with E-state index < -0.39 is 15.6 Å². The summed E-state index contributed by atoms with van der Waals surface area (Å²) in [5.74, 6) is 1.02. The lowest BCUT2D eigenvalue weighted by molar-refractivity contribution is 0.369. The van der Waals surface area contributed by atoms with Crippen molar-refractivity contribution < 1.29 is 17.9 Å². The van der Waals surface area contributed by atoms with Gasteiger partial charge < -0.3 is 15.2 Å². The van der Waals surface area contributed by atoms with Crippen LogP contribution in [0.5, 0.6) is 11.5 Å². The highest BCUT2D eigenvalue weighted by molar-refractivity contribution is 7.89. The first-order chi connectivity index (χ1) is 9.86. The summed E-state index contributed by atoms with van der Waals surface area (Å²) in [5.41, 5.74) is 5.14. The Labute approximate surface area is 125 Å². The number of sulfonamides is 1. The minimum atomic E-state index is -3.75. The van der Waals surface area contributed by atoms with Gasteiger partial charge in [0.05, 0.1) is 14.2 Å². The zero-order valence-electron chi connectivity index (χ0n) is 12.5. The van der Waals surface area contributed by atoms with Crippen molar-refractivity contribution >= 4 is 10.0 Å². The highest BCUT2D eigenvalue weighted by Crippen LogP contribution is 2.40. The van der Waals surface area contributed by atoms with Gasteiger partial charge >= 0.3 is 0 Å². The standard InChI is InChI=1S/C14H22N2O4S/c1-14(9-15,10-4-5-10)16-21(17,18)13-8-11(19-2)6-7-12(13)20-3/h6-8,10,16H,4-5,9,15H2,1-3H3. The molecule has 118 valence electrons. The summed E-state index contributed by atoms with van der Waals surface area (Å²) in [6.07, 6.45) is 1.98. The smallest absolute Gasteiger partial charge is 0.244 e. The van der Waals surface area contributed by atoms with Crippen LogP contribution in [-0.2, 0) is 10.0 Å². The molecular formula is C14H22N2O4S. The Kier molecular flexibility index (Phi) is 4.46. The van der Waals surface area contributed by atoms with Gasteiger partial charge in [0.25, 0.3) is 0 Å². The summed E-state index contributed by atoms with van der Waals surface area (Å²) in [4.78, 5) is 0.0599. The third-order valence-corrected chi connectivity index (χ3v) is 5.56. The van der Waals surface area contributed by atoms with E-state index in [1.165, 1.54) is 20.3 Å². The molecule has 6 nitrogen and oxygen atoms in total. The summed E-state index contributed by atoms with van der Waals surface area (Å²) in [7, 11) is -0.825. The molecule has 1 fully saturated rings. The predicted molar refractivity (Wildman–Crippen MR) is 80.1 cm³/mol. The molecule has 0 radical (unpaired) electrons. The minimum Gasteiger partial charge on any atom is -0.497 e. The van der Waals surface area contributed by atoms with Crippen LogP contribution in [0.4, 0.5) is 0 Å². The van der Waals surface area contributed by atoms with Crippen molar-refractivity contribution in [3.63, 3.8) is 0 Å². The van der Waals surface area contributed by atoms with Crippen LogP contribution >= 0.6 is 0 Å². The molecule has 3 N–H and O–H groups in total. The van der Waals surface area contributed by atoms with Gasteiger partial charge in [-0.2, -0.15) is 0 Å². The molecule has 1 aromatic carbocycles. The topological polar surface area (TPSA) is 90.6 Å². The van der Waals surface area contributed by atoms with Crippen LogP contribution in [-0.4, -0.2) is 34.7 Å². The number of nitrogens with two attached hydrogens (primary N) is 1. The third kappa shape index (κ3) is 3.30. The van der Waals surface area contributed by atoms with Gasteiger partial charge in [-0.1, -0.05) is 0 Å². The number of hydrogen-bond acceptors (Lipinski definition) is 5. The first-order valence-electron chi connectivity index (χ1n) is 6.82. The molecule has 21 heavy (non-hydrogen) atoms. The first kappa shape index (κ1) is 16.1. The fourth-order valence-corrected chi connectivity index (χ4v) is 4.03. The highest BCUT2D eigenvalue weighted by Gasteiger charge is 2.43. The van der Waals surface area contributed by atoms with Crippen molar-refractivity contribution in [1.82, 2.24) is 4.72 Å². The Balaban J connectivity index is 2.38. The van der Waals surface area contributed by atoms with E-state index in [1.54, 1.807) is 12.1 Å². The number of methoxy groups -OCH3 is 2. The quantitative estimate of drug-likeness (QED) is 0.787. The molecule has 1 atom stereocenters. The van der Waals surface area contributed by atoms with Crippen LogP contribution in [0.2, 0.25) is 0 Å². The minimum absolute atomic E-state index is 0.0599. The average Bonchev–Trinajstić information content (AvgIpc) is 3.31. The molecule has 7 heteroatoms. The lowest BCUT2D eigenvalue weighted by Gasteiger charge is -2.29. The Morgan fingerprint density at radius 3 is 2.48 bits per heavy atom. The molecule has 1 aliphatic rings. The predicted octanol–water partition coefficient (Wildman–Crippen LogP) is 1.11. The van der Waals surface area contributed by atoms with E-state index in [0.717, 1.165) is 12.8 Å². The van der Waals surface area contributed by atoms with Crippen LogP contribution in [0.25, 0.3) is 0 Å². The van der Waals surface area contributed by atoms with E-state index in [-0.39, 0.29) is 23.1 Å². The van der Waals surface area contributed by atoms with Crippen molar-refractivity contribution in [2.45, 2.75) is 30.2 Å². The van der Waals surface area contributed by atoms with Gasteiger partial charge in [-0.15, -0.1) is 0 Å². The Bertz CT molecular complexity index is 613. The maximum atomic E-state index is 12.7. The summed E-state index contributed by atoms with van der Waals surface area (Å²) in [5, 5.41) is 0. The van der Waals surface area contributed by atoms with Crippen LogP contribution in [0.3, 0.4) is 0 Å². The molecule has 1 unspecified atom stereocenters. The van der Waals surface area contributed by atoms with E-state index in [4.69, 9.17) is 15.2 Å². The second-order valence-corrected chi connectivity index (χ2v) is 7.17. The van der Waals surface area contributed by atoms with E-state index in [0.29, 0.717) is 5.75 Å². The summed E-state index contributed by atoms with van der Waals surface area (Å²) in [6, 6.07) is 4.68. The highest BCUT2D eigenvalue weighted by atomic mass is 32.2. The second-order valence-electron chi connectivity index (χ2n) is 5.52. The largest absolute Gasteiger partial charge is 0.497 e. The summed E-state index contributed by atoms with van der Waals surface area (Å²) in [6.45, 7) is 2.10. The summed E-state index contributed by atoms with van der Waals surface area (Å²) < 4.78 is 38.3. The molecule has 0 saturated heterocycles. The Hall–Kier alpha value is -1.31. The van der Waals surface area contributed by atoms with Crippen LogP contribution in [0.1, 0.15) is 19.8 Å². The maximum Gasteiger partial charge on any atom is 0.244 e. The number of benzene rings is 1. The van der Waals surface area contributed by atoms with Crippen LogP contribution in [0.15, 0.2) is 23.1 Å². The average molecular weight is 314 g/mol. The van der Waals surface area contributed by atoms with Gasteiger partial charge in [0.1, 0.15) is 16.4 Å². The number of rotatable bonds is 7. The number of ether oxygens (including phenoxy) is 2. The Morgan fingerprint density at radius 2 is 2.00 bits per heavy atom. The number of hydrogen-bond donors (Lipinski definition) is 2. The van der Waals surface area contributed by atoms with Crippen molar-refractivity contribution in [1.29, 1.82) is 0 Å². The number of nitrogens with one attached hydrogen (secondary N) is 1. The zero-order chi connectivity index (χ0) is 15.7. The fourth-order valence-electron chi connectivity index (χ4n) is 2.37. The molecule has 0 heterocycles. The first-order valence-corrected chi connectivity index (χ1v) is 8.30. The monoisotopic (exact) mass is 314 g/mol. The van der Waals surface area contributed by atoms with Gasteiger partial charge in [-0.05, 0) is 37.8 Å². The van der Waals surface area contributed by atoms with E-state index in [1.807, 2.05) is 6.92 Å². The van der Waals surface area contributed by atoms with Crippen molar-refractivity contribution in [2.24, 2.45) is 11.7 Å². The third-order valence-electron chi connectivity index (χ3n) is 3.93. The Morgan fingerprint density at radius 1 is 1.33 bits per heavy atom.